The first-order chi connectivity index (χ1) is 19.1. The van der Waals surface area contributed by atoms with Gasteiger partial charge in [-0.15, -0.1) is 11.6 Å². The first kappa shape index (κ1) is 29.7. The third kappa shape index (κ3) is 6.54. The van der Waals surface area contributed by atoms with Gasteiger partial charge in [0.2, 0.25) is 11.8 Å². The molecule has 40 heavy (non-hydrogen) atoms. The van der Waals surface area contributed by atoms with Crippen LogP contribution in [0.4, 0.5) is 4.39 Å². The van der Waals surface area contributed by atoms with Gasteiger partial charge >= 0.3 is 0 Å². The highest BCUT2D eigenvalue weighted by atomic mass is 35.5. The molecule has 0 radical (unpaired) electrons. The molecule has 3 heterocycles. The summed E-state index contributed by atoms with van der Waals surface area (Å²) in [5.74, 6) is -0.920. The zero-order valence-corrected chi connectivity index (χ0v) is 24.0. The van der Waals surface area contributed by atoms with Gasteiger partial charge in [-0.2, -0.15) is 0 Å². The first-order valence-electron chi connectivity index (χ1n) is 13.1. The van der Waals surface area contributed by atoms with Crippen LogP contribution in [-0.4, -0.2) is 70.7 Å². The van der Waals surface area contributed by atoms with E-state index in [9.17, 15) is 22.4 Å². The number of rotatable bonds is 10. The number of aromatic nitrogens is 2. The normalized spacial score (nSPS) is 14.5. The molecule has 4 rings (SSSR count). The number of amides is 2. The summed E-state index contributed by atoms with van der Waals surface area (Å²) in [6.45, 7) is 5.35. The van der Waals surface area contributed by atoms with E-state index in [1.165, 1.54) is 42.9 Å². The predicted octanol–water partition coefficient (Wildman–Crippen LogP) is 3.69. The molecule has 0 spiro atoms. The Hall–Kier alpha value is -3.28. The number of piperidine rings is 1. The van der Waals surface area contributed by atoms with E-state index in [2.05, 4.69) is 10.3 Å². The lowest BCUT2D eigenvalue weighted by Crippen LogP contribution is -2.49. The number of hydrogen-bond acceptors (Lipinski definition) is 6. The van der Waals surface area contributed by atoms with E-state index in [1.54, 1.807) is 28.0 Å². The van der Waals surface area contributed by atoms with Crippen molar-refractivity contribution in [3.05, 3.63) is 72.4 Å². The second kappa shape index (κ2) is 12.9. The summed E-state index contributed by atoms with van der Waals surface area (Å²) in [4.78, 5) is 32.5. The number of halogens is 2. The van der Waals surface area contributed by atoms with Crippen LogP contribution >= 0.6 is 11.6 Å². The lowest BCUT2D eigenvalue weighted by atomic mass is 9.95. The summed E-state index contributed by atoms with van der Waals surface area (Å²) in [6, 6.07) is 10.5. The minimum absolute atomic E-state index is 0.00393. The summed E-state index contributed by atoms with van der Waals surface area (Å²) in [7, 11) is -4.05. The number of benzene rings is 1. The van der Waals surface area contributed by atoms with Gasteiger partial charge < -0.3 is 9.80 Å². The van der Waals surface area contributed by atoms with Crippen LogP contribution in [0.3, 0.4) is 0 Å². The van der Waals surface area contributed by atoms with Crippen LogP contribution in [0.1, 0.15) is 32.3 Å². The Bertz CT molecular complexity index is 1440. The van der Waals surface area contributed by atoms with E-state index in [4.69, 9.17) is 11.6 Å². The molecular weight excluding hydrogens is 557 g/mol. The monoisotopic (exact) mass is 589 g/mol. The van der Waals surface area contributed by atoms with Gasteiger partial charge in [-0.3, -0.25) is 19.9 Å². The Balaban J connectivity index is 1.51. The quantitative estimate of drug-likeness (QED) is 0.286. The second-order valence-corrected chi connectivity index (χ2v) is 12.1. The smallest absolute Gasteiger partial charge is 0.269 e. The SMILES string of the molecule is CC(C)N(CNCc1cc(-c2ccccc2F)n(S(=O)(=O)c2cccnc2)c1)C(=O)C1CCN(C(=O)CCl)CC1. The molecule has 3 aromatic rings. The van der Waals surface area contributed by atoms with Crippen molar-refractivity contribution in [1.29, 1.82) is 0 Å². The molecule has 12 heteroatoms. The van der Waals surface area contributed by atoms with Crippen molar-refractivity contribution in [3.8, 4) is 11.3 Å². The van der Waals surface area contributed by atoms with E-state index in [1.807, 2.05) is 13.8 Å². The molecule has 9 nitrogen and oxygen atoms in total. The van der Waals surface area contributed by atoms with E-state index in [-0.39, 0.29) is 59.0 Å². The zero-order chi connectivity index (χ0) is 28.9. The van der Waals surface area contributed by atoms with Crippen LogP contribution in [0.25, 0.3) is 11.3 Å². The Labute approximate surface area is 239 Å². The molecule has 1 aliphatic heterocycles. The molecule has 214 valence electrons. The number of carbonyl (C=O) groups is 2. The van der Waals surface area contributed by atoms with Gasteiger partial charge in [0.25, 0.3) is 10.0 Å². The van der Waals surface area contributed by atoms with Gasteiger partial charge in [-0.25, -0.2) is 16.8 Å². The molecule has 0 atom stereocenters. The summed E-state index contributed by atoms with van der Waals surface area (Å²) in [6.07, 6.45) is 5.34. The average molecular weight is 590 g/mol. The van der Waals surface area contributed by atoms with Crippen molar-refractivity contribution >= 4 is 33.4 Å². The van der Waals surface area contributed by atoms with Crippen LogP contribution in [0.5, 0.6) is 0 Å². The summed E-state index contributed by atoms with van der Waals surface area (Å²) >= 11 is 5.66. The van der Waals surface area contributed by atoms with Crippen LogP contribution in [0, 0.1) is 11.7 Å². The van der Waals surface area contributed by atoms with Crippen molar-refractivity contribution in [2.24, 2.45) is 5.92 Å². The maximum atomic E-state index is 14.7. The molecule has 1 fully saturated rings. The number of likely N-dealkylation sites (tertiary alicyclic amines) is 1. The highest BCUT2D eigenvalue weighted by molar-refractivity contribution is 7.90. The van der Waals surface area contributed by atoms with Gasteiger partial charge in [0.1, 0.15) is 16.6 Å². The molecule has 0 saturated carbocycles. The predicted molar refractivity (Wildman–Crippen MR) is 150 cm³/mol. The minimum Gasteiger partial charge on any atom is -0.342 e. The van der Waals surface area contributed by atoms with E-state index in [0.717, 1.165) is 3.97 Å². The Kier molecular flexibility index (Phi) is 9.60. The number of hydrogen-bond donors (Lipinski definition) is 1. The molecule has 1 aromatic carbocycles. The zero-order valence-electron chi connectivity index (χ0n) is 22.5. The molecule has 0 aliphatic carbocycles. The van der Waals surface area contributed by atoms with E-state index in [0.29, 0.717) is 31.5 Å². The van der Waals surface area contributed by atoms with Crippen molar-refractivity contribution in [3.63, 3.8) is 0 Å². The Morgan fingerprint density at radius 1 is 1.18 bits per heavy atom. The maximum absolute atomic E-state index is 14.7. The Morgan fingerprint density at radius 2 is 1.90 bits per heavy atom. The van der Waals surface area contributed by atoms with Gasteiger partial charge in [0.15, 0.2) is 0 Å². The van der Waals surface area contributed by atoms with Crippen LogP contribution in [0.2, 0.25) is 0 Å². The minimum atomic E-state index is -4.05. The van der Waals surface area contributed by atoms with Gasteiger partial charge in [-0.05, 0) is 62.6 Å². The average Bonchev–Trinajstić information content (AvgIpc) is 3.40. The molecule has 0 bridgehead atoms. The maximum Gasteiger partial charge on any atom is 0.269 e. The third-order valence-electron chi connectivity index (χ3n) is 7.01. The summed E-state index contributed by atoms with van der Waals surface area (Å²) in [5, 5.41) is 3.25. The number of alkyl halides is 1. The summed E-state index contributed by atoms with van der Waals surface area (Å²) in [5.41, 5.74) is 0.947. The number of carbonyl (C=O) groups excluding carboxylic acids is 2. The fraction of sp³-hybridized carbons (Fsp3) is 0.393. The van der Waals surface area contributed by atoms with Crippen molar-refractivity contribution in [2.45, 2.75) is 44.2 Å². The molecule has 2 aromatic heterocycles. The lowest BCUT2D eigenvalue weighted by molar-refractivity contribution is -0.141. The van der Waals surface area contributed by atoms with Gasteiger partial charge in [0, 0.05) is 55.7 Å². The van der Waals surface area contributed by atoms with Crippen molar-refractivity contribution in [2.75, 3.05) is 25.6 Å². The van der Waals surface area contributed by atoms with Gasteiger partial charge in [0.05, 0.1) is 12.4 Å². The summed E-state index contributed by atoms with van der Waals surface area (Å²) < 4.78 is 42.8. The fourth-order valence-corrected chi connectivity index (χ4v) is 6.33. The van der Waals surface area contributed by atoms with Crippen LogP contribution in [0.15, 0.2) is 66.0 Å². The standard InChI is InChI=1S/C28H33ClFN5O4S/c1-20(2)34(28(37)22-9-12-33(13-10-22)27(36)15-29)19-32-16-21-14-26(24-7-3-4-8-25(24)30)35(18-21)40(38,39)23-6-5-11-31-17-23/h3-8,11,14,17-18,20,22,32H,9-10,12-13,15-16,19H2,1-2H3. The topological polar surface area (TPSA) is 105 Å². The first-order valence-corrected chi connectivity index (χ1v) is 15.1. The van der Waals surface area contributed by atoms with Gasteiger partial charge in [-0.1, -0.05) is 12.1 Å². The van der Waals surface area contributed by atoms with E-state index < -0.39 is 15.8 Å². The number of nitrogens with one attached hydrogen (secondary N) is 1. The van der Waals surface area contributed by atoms with Crippen molar-refractivity contribution < 1.29 is 22.4 Å². The van der Waals surface area contributed by atoms with Crippen molar-refractivity contribution in [1.82, 2.24) is 24.1 Å². The molecule has 0 unspecified atom stereocenters. The highest BCUT2D eigenvalue weighted by Gasteiger charge is 2.31. The van der Waals surface area contributed by atoms with Crippen LogP contribution in [-0.2, 0) is 26.2 Å². The number of nitrogens with zero attached hydrogens (tertiary/aromatic N) is 4. The second-order valence-electron chi connectivity index (χ2n) is 9.98. The fourth-order valence-electron chi connectivity index (χ4n) is 4.80. The lowest BCUT2D eigenvalue weighted by Gasteiger charge is -2.35. The molecule has 1 N–H and O–H groups in total. The number of pyridine rings is 1. The van der Waals surface area contributed by atoms with Crippen LogP contribution < -0.4 is 5.32 Å². The van der Waals surface area contributed by atoms with E-state index >= 15 is 0 Å². The highest BCUT2D eigenvalue weighted by Crippen LogP contribution is 2.29. The molecule has 2 amide bonds. The largest absolute Gasteiger partial charge is 0.342 e. The molecule has 1 saturated heterocycles. The molecule has 1 aliphatic rings. The third-order valence-corrected chi connectivity index (χ3v) is 8.90. The molecular formula is C28H33ClFN5O4S. The Morgan fingerprint density at radius 3 is 2.52 bits per heavy atom.